The van der Waals surface area contributed by atoms with Crippen LogP contribution >= 0.6 is 0 Å². The van der Waals surface area contributed by atoms with Crippen LogP contribution in [0.5, 0.6) is 0 Å². The van der Waals surface area contributed by atoms with Gasteiger partial charge in [-0.15, -0.1) is 0 Å². The molecule has 0 spiro atoms. The highest BCUT2D eigenvalue weighted by molar-refractivity contribution is 6.22. The van der Waals surface area contributed by atoms with Crippen molar-refractivity contribution in [2.24, 2.45) is 0 Å². The molecule has 0 radical (unpaired) electrons. The van der Waals surface area contributed by atoms with Crippen LogP contribution in [0.3, 0.4) is 0 Å². The van der Waals surface area contributed by atoms with Crippen molar-refractivity contribution < 1.29 is 31.5 Å². The second-order valence-electron chi connectivity index (χ2n) is 11.8. The summed E-state index contributed by atoms with van der Waals surface area (Å²) in [5.74, 6) is -0.149. The van der Waals surface area contributed by atoms with Gasteiger partial charge in [-0.25, -0.2) is 4.98 Å². The van der Waals surface area contributed by atoms with Crippen molar-refractivity contribution in [2.45, 2.75) is 0 Å². The minimum absolute atomic E-state index is 0.0450. The molecule has 0 fully saturated rings. The van der Waals surface area contributed by atoms with E-state index in [1.807, 2.05) is 0 Å². The Morgan fingerprint density at radius 2 is 0.849 bits per heavy atom. The standard InChI is InChI=1S/C51H34N2/c1-4-18-35(19-5-1)38-32-39(36-20-6-2-7-21-36)34-40(33-38)49-41-24-10-12-26-43(41)50(44-27-13-11-25-42(44)49)45-28-14-16-30-47(45)53-48-31-17-15-29-46(48)52-51(53)37-22-8-3-9-23-37/h1-34H/i1D,2D,3D,4D,5D,6D,7D,8D,9D,10D,11D,12D,13D,18D,19D,20D,21D,22D,23D,24D,25D,26D,27D. The van der Waals surface area contributed by atoms with E-state index in [1.165, 1.54) is 28.8 Å². The van der Waals surface area contributed by atoms with Crippen molar-refractivity contribution in [1.29, 1.82) is 0 Å². The lowest BCUT2D eigenvalue weighted by Crippen LogP contribution is -2.01. The molecule has 0 aliphatic rings. The van der Waals surface area contributed by atoms with Crippen LogP contribution in [0.1, 0.15) is 31.5 Å². The molecular weight excluding hydrogens is 641 g/mol. The van der Waals surface area contributed by atoms with Gasteiger partial charge in [0.25, 0.3) is 0 Å². The predicted molar refractivity (Wildman–Crippen MR) is 223 cm³/mol. The minimum Gasteiger partial charge on any atom is -0.292 e. The number of nitrogens with zero attached hydrogens (tertiary/aromatic N) is 2. The third kappa shape index (κ3) is 5.32. The summed E-state index contributed by atoms with van der Waals surface area (Å²) in [6.45, 7) is 0. The first kappa shape index (κ1) is 15.3. The number of benzene rings is 9. The maximum Gasteiger partial charge on any atom is 0.145 e. The summed E-state index contributed by atoms with van der Waals surface area (Å²) in [4.78, 5) is 4.77. The maximum atomic E-state index is 9.72. The van der Waals surface area contributed by atoms with Crippen LogP contribution in [0.15, 0.2) is 206 Å². The van der Waals surface area contributed by atoms with Gasteiger partial charge in [0.1, 0.15) is 5.82 Å². The summed E-state index contributed by atoms with van der Waals surface area (Å²) in [5, 5.41) is -1.37. The third-order valence-corrected chi connectivity index (χ3v) is 8.87. The zero-order valence-electron chi connectivity index (χ0n) is 50.2. The topological polar surface area (TPSA) is 17.8 Å². The lowest BCUT2D eigenvalue weighted by molar-refractivity contribution is 1.10. The van der Waals surface area contributed by atoms with Crippen LogP contribution in [0, 0.1) is 0 Å². The predicted octanol–water partition coefficient (Wildman–Crippen LogP) is 13.7. The van der Waals surface area contributed by atoms with Crippen LogP contribution in [-0.2, 0) is 0 Å². The van der Waals surface area contributed by atoms with E-state index in [4.69, 9.17) is 31.0 Å². The molecule has 0 aliphatic heterocycles. The SMILES string of the molecule is [2H]c1c([2H])c([2H])c(-c2cc(-c3c([2H])c([2H])c([2H])c([2H])c3[2H])cc(-c3c4c([2H])c([2H])c([2H])c([2H])c4c(-c4ccccc4-n4c(-c5c([2H])c([2H])c([2H])c([2H])c5[2H])nc5ccccc54)c4c([2H])c([2H])c([2H])c([2H])c34)c2)c([2H])c1[2H]. The Labute approximate surface area is 341 Å². The molecule has 9 aromatic carbocycles. The molecule has 2 heteroatoms. The Hall–Kier alpha value is -7.03. The summed E-state index contributed by atoms with van der Waals surface area (Å²) in [5.41, 5.74) is -1.47. The van der Waals surface area contributed by atoms with Crippen molar-refractivity contribution in [3.8, 4) is 61.6 Å². The van der Waals surface area contributed by atoms with Gasteiger partial charge in [0.05, 0.1) is 48.2 Å². The molecule has 0 amide bonds. The van der Waals surface area contributed by atoms with E-state index in [2.05, 4.69) is 0 Å². The average Bonchev–Trinajstić information content (AvgIpc) is 3.82. The molecule has 1 aromatic heterocycles. The van der Waals surface area contributed by atoms with Gasteiger partial charge in [-0.05, 0) is 96.9 Å². The van der Waals surface area contributed by atoms with Crippen LogP contribution in [-0.4, -0.2) is 9.55 Å². The molecule has 10 rings (SSSR count). The van der Waals surface area contributed by atoms with Gasteiger partial charge in [-0.1, -0.05) is 169 Å². The van der Waals surface area contributed by atoms with Crippen molar-refractivity contribution in [1.82, 2.24) is 9.55 Å². The Balaban J connectivity index is 1.46. The van der Waals surface area contributed by atoms with E-state index >= 15 is 0 Å². The van der Waals surface area contributed by atoms with Gasteiger partial charge in [-0.3, -0.25) is 4.57 Å². The normalized spacial score (nSPS) is 17.5. The van der Waals surface area contributed by atoms with Crippen molar-refractivity contribution in [2.75, 3.05) is 0 Å². The monoisotopic (exact) mass is 697 g/mol. The Morgan fingerprint density at radius 1 is 0.396 bits per heavy atom. The fourth-order valence-electron chi connectivity index (χ4n) is 6.71. The average molecular weight is 698 g/mol. The molecule has 10 aromatic rings. The first-order valence-corrected chi connectivity index (χ1v) is 16.3. The summed E-state index contributed by atoms with van der Waals surface area (Å²) in [6, 6.07) is 0.0153. The summed E-state index contributed by atoms with van der Waals surface area (Å²) in [6.07, 6.45) is 0. The number of aromatic nitrogens is 2. The minimum atomic E-state index is -0.796. The molecule has 0 bridgehead atoms. The Kier molecular flexibility index (Phi) is 3.73. The molecular formula is C51H34N2. The summed E-state index contributed by atoms with van der Waals surface area (Å²) >= 11 is 0. The van der Waals surface area contributed by atoms with Gasteiger partial charge in [0.15, 0.2) is 0 Å². The first-order valence-electron chi connectivity index (χ1n) is 27.8. The van der Waals surface area contributed by atoms with Crippen molar-refractivity contribution in [3.05, 3.63) is 206 Å². The lowest BCUT2D eigenvalue weighted by Gasteiger charge is -2.21. The number of fused-ring (bicyclic) bond motifs is 3. The van der Waals surface area contributed by atoms with E-state index in [0.717, 1.165) is 0 Å². The molecule has 0 saturated carbocycles. The molecule has 2 nitrogen and oxygen atoms in total. The molecule has 0 N–H and O–H groups in total. The van der Waals surface area contributed by atoms with E-state index in [-0.39, 0.29) is 72.0 Å². The lowest BCUT2D eigenvalue weighted by atomic mass is 9.84. The van der Waals surface area contributed by atoms with E-state index in [1.54, 1.807) is 42.5 Å². The molecule has 0 aliphatic carbocycles. The van der Waals surface area contributed by atoms with Gasteiger partial charge in [-0.2, -0.15) is 0 Å². The molecule has 0 unspecified atom stereocenters. The van der Waals surface area contributed by atoms with Crippen LogP contribution in [0.25, 0.3) is 94.2 Å². The quantitative estimate of drug-likeness (QED) is 0.158. The molecule has 1 heterocycles. The van der Waals surface area contributed by atoms with Crippen molar-refractivity contribution >= 4 is 32.6 Å². The van der Waals surface area contributed by atoms with Crippen LogP contribution in [0.2, 0.25) is 0 Å². The van der Waals surface area contributed by atoms with Crippen molar-refractivity contribution in [3.63, 3.8) is 0 Å². The number of imidazole rings is 1. The second kappa shape index (κ2) is 12.9. The van der Waals surface area contributed by atoms with Gasteiger partial charge < -0.3 is 0 Å². The fraction of sp³-hybridized carbons (Fsp3) is 0. The second-order valence-corrected chi connectivity index (χ2v) is 11.8. The van der Waals surface area contributed by atoms with Gasteiger partial charge >= 0.3 is 0 Å². The number of rotatable bonds is 6. The number of para-hydroxylation sites is 3. The number of hydrogen-bond acceptors (Lipinski definition) is 1. The first-order chi connectivity index (χ1) is 35.8. The highest BCUT2D eigenvalue weighted by Crippen LogP contribution is 2.47. The van der Waals surface area contributed by atoms with E-state index in [9.17, 15) is 5.48 Å². The zero-order chi connectivity index (χ0) is 55.2. The fourth-order valence-corrected chi connectivity index (χ4v) is 6.71. The smallest absolute Gasteiger partial charge is 0.145 e. The molecule has 0 atom stereocenters. The molecule has 53 heavy (non-hydrogen) atoms. The largest absolute Gasteiger partial charge is 0.292 e. The highest BCUT2D eigenvalue weighted by atomic mass is 15.1. The van der Waals surface area contributed by atoms with Crippen LogP contribution < -0.4 is 0 Å². The molecule has 248 valence electrons. The molecule has 0 saturated heterocycles. The van der Waals surface area contributed by atoms with Crippen LogP contribution in [0.4, 0.5) is 0 Å². The van der Waals surface area contributed by atoms with E-state index < -0.39 is 150 Å². The summed E-state index contributed by atoms with van der Waals surface area (Å²) in [7, 11) is 0. The third-order valence-electron chi connectivity index (χ3n) is 8.87. The highest BCUT2D eigenvalue weighted by Gasteiger charge is 2.22. The maximum absolute atomic E-state index is 9.72. The Bertz CT molecular complexity index is 4020. The summed E-state index contributed by atoms with van der Waals surface area (Å²) < 4.78 is 207. The number of hydrogen-bond donors (Lipinski definition) is 0. The zero-order valence-corrected chi connectivity index (χ0v) is 27.2. The Morgan fingerprint density at radius 3 is 1.43 bits per heavy atom. The van der Waals surface area contributed by atoms with Gasteiger partial charge in [0, 0.05) is 11.1 Å². The van der Waals surface area contributed by atoms with E-state index in [0.29, 0.717) is 11.0 Å². The van der Waals surface area contributed by atoms with Gasteiger partial charge in [0.2, 0.25) is 0 Å².